The highest BCUT2D eigenvalue weighted by atomic mass is 28.3. The molecule has 0 spiro atoms. The van der Waals surface area contributed by atoms with Crippen LogP contribution in [-0.4, -0.2) is 25.3 Å². The third-order valence-electron chi connectivity index (χ3n) is 16.6. The lowest BCUT2D eigenvalue weighted by molar-refractivity contribution is 1.17. The summed E-state index contributed by atoms with van der Waals surface area (Å²) in [7, 11) is -5.36. The quantitative estimate of drug-likeness (QED) is 0.101. The van der Waals surface area contributed by atoms with Gasteiger partial charge in [-0.15, -0.1) is 0 Å². The SMILES string of the molecule is c1ccc([Si](c2ccccc2)(c2ccccc2)c2ccc(-n3c4ccccc4c4cc(-n5c6ccccc6c6ccc(-c7cccc8c7-c7ccccc7[Si]8(c7ccccc7)c7ccccc7)cc65)ccc43)cc2)cc1. The van der Waals surface area contributed by atoms with Gasteiger partial charge in [0.15, 0.2) is 16.1 Å². The van der Waals surface area contributed by atoms with E-state index in [-0.39, 0.29) is 0 Å². The zero-order valence-electron chi connectivity index (χ0n) is 41.8. The Morgan fingerprint density at radius 3 is 1.30 bits per heavy atom. The monoisotopic (exact) mass is 998 g/mol. The minimum Gasteiger partial charge on any atom is -0.309 e. The molecule has 15 rings (SSSR count). The smallest absolute Gasteiger partial charge is 0.180 e. The molecule has 2 nitrogen and oxygen atoms in total. The number of rotatable bonds is 9. The van der Waals surface area contributed by atoms with Crippen LogP contribution in [-0.2, 0) is 0 Å². The van der Waals surface area contributed by atoms with Crippen LogP contribution in [0.15, 0.2) is 303 Å². The molecule has 0 atom stereocenters. The summed E-state index contributed by atoms with van der Waals surface area (Å²) in [5.74, 6) is 0. The van der Waals surface area contributed by atoms with Crippen molar-refractivity contribution in [1.29, 1.82) is 0 Å². The molecule has 0 radical (unpaired) electrons. The summed E-state index contributed by atoms with van der Waals surface area (Å²) in [5, 5.41) is 16.1. The van der Waals surface area contributed by atoms with Gasteiger partial charge in [0.25, 0.3) is 0 Å². The van der Waals surface area contributed by atoms with E-state index in [2.05, 4.69) is 312 Å². The lowest BCUT2D eigenvalue weighted by Crippen LogP contribution is -2.74. The van der Waals surface area contributed by atoms with E-state index in [9.17, 15) is 0 Å². The Hall–Kier alpha value is -9.33. The Balaban J connectivity index is 0.899. The number of aromatic nitrogens is 2. The molecule has 0 saturated carbocycles. The maximum Gasteiger partial charge on any atom is 0.180 e. The summed E-state index contributed by atoms with van der Waals surface area (Å²) in [6.07, 6.45) is 0. The van der Waals surface area contributed by atoms with E-state index in [4.69, 9.17) is 0 Å². The van der Waals surface area contributed by atoms with Gasteiger partial charge in [-0.25, -0.2) is 0 Å². The fraction of sp³-hybridized carbons (Fsp3) is 0. The lowest BCUT2D eigenvalue weighted by Gasteiger charge is -2.34. The van der Waals surface area contributed by atoms with Crippen molar-refractivity contribution in [2.45, 2.75) is 0 Å². The van der Waals surface area contributed by atoms with Crippen molar-refractivity contribution in [3.05, 3.63) is 303 Å². The molecule has 356 valence electrons. The molecule has 2 aromatic heterocycles. The van der Waals surface area contributed by atoms with Crippen LogP contribution < -0.4 is 41.5 Å². The molecule has 1 aliphatic rings. The second kappa shape index (κ2) is 17.7. The molecule has 14 aromatic rings. The largest absolute Gasteiger partial charge is 0.309 e. The van der Waals surface area contributed by atoms with E-state index in [1.165, 1.54) is 107 Å². The highest BCUT2D eigenvalue weighted by Gasteiger charge is 2.49. The minimum atomic E-state index is -2.69. The second-order valence-electron chi connectivity index (χ2n) is 20.3. The molecule has 0 bridgehead atoms. The van der Waals surface area contributed by atoms with Gasteiger partial charge in [0, 0.05) is 32.9 Å². The number of hydrogen-bond donors (Lipinski definition) is 0. The topological polar surface area (TPSA) is 9.86 Å². The van der Waals surface area contributed by atoms with Crippen LogP contribution >= 0.6 is 0 Å². The van der Waals surface area contributed by atoms with Crippen LogP contribution in [0.1, 0.15) is 0 Å². The van der Waals surface area contributed by atoms with E-state index in [1.807, 2.05) is 0 Å². The van der Waals surface area contributed by atoms with Crippen molar-refractivity contribution < 1.29 is 0 Å². The molecule has 0 saturated heterocycles. The van der Waals surface area contributed by atoms with Crippen LogP contribution in [0.3, 0.4) is 0 Å². The van der Waals surface area contributed by atoms with Crippen molar-refractivity contribution in [2.24, 2.45) is 0 Å². The molecule has 3 heterocycles. The highest BCUT2D eigenvalue weighted by Crippen LogP contribution is 2.41. The molecule has 12 aromatic carbocycles. The summed E-state index contributed by atoms with van der Waals surface area (Å²) in [6.45, 7) is 0. The summed E-state index contributed by atoms with van der Waals surface area (Å²) in [6, 6.07) is 114. The van der Waals surface area contributed by atoms with Crippen molar-refractivity contribution in [2.75, 3.05) is 0 Å². The summed E-state index contributed by atoms with van der Waals surface area (Å²) < 4.78 is 4.96. The summed E-state index contributed by atoms with van der Waals surface area (Å²) in [4.78, 5) is 0. The van der Waals surface area contributed by atoms with Crippen molar-refractivity contribution in [3.63, 3.8) is 0 Å². The third-order valence-corrected chi connectivity index (χ3v) is 26.2. The Bertz CT molecular complexity index is 4350. The molecule has 0 unspecified atom stereocenters. The fourth-order valence-corrected chi connectivity index (χ4v) is 23.4. The normalized spacial score (nSPS) is 12.8. The molecule has 0 fully saturated rings. The fourth-order valence-electron chi connectivity index (χ4n) is 13.5. The first kappa shape index (κ1) is 44.2. The highest BCUT2D eigenvalue weighted by molar-refractivity contribution is 7.22. The number of fused-ring (bicyclic) bond motifs is 9. The van der Waals surface area contributed by atoms with Crippen LogP contribution in [0.4, 0.5) is 0 Å². The predicted molar refractivity (Wildman–Crippen MR) is 327 cm³/mol. The average Bonchev–Trinajstić information content (AvgIpc) is 4.27. The maximum atomic E-state index is 2.50. The molecular formula is C72H50N2Si2. The first-order chi connectivity index (χ1) is 37.7. The predicted octanol–water partition coefficient (Wildman–Crippen LogP) is 12.3. The van der Waals surface area contributed by atoms with E-state index < -0.39 is 16.1 Å². The number of para-hydroxylation sites is 2. The first-order valence-electron chi connectivity index (χ1n) is 26.4. The van der Waals surface area contributed by atoms with Gasteiger partial charge in [-0.3, -0.25) is 0 Å². The molecule has 0 N–H and O–H groups in total. The number of benzene rings is 12. The van der Waals surface area contributed by atoms with Crippen molar-refractivity contribution >= 4 is 101 Å². The number of hydrogen-bond acceptors (Lipinski definition) is 0. The van der Waals surface area contributed by atoms with Crippen LogP contribution in [0, 0.1) is 0 Å². The van der Waals surface area contributed by atoms with Gasteiger partial charge < -0.3 is 9.13 Å². The van der Waals surface area contributed by atoms with E-state index in [1.54, 1.807) is 0 Å². The lowest BCUT2D eigenvalue weighted by atomic mass is 9.94. The van der Waals surface area contributed by atoms with Crippen molar-refractivity contribution in [1.82, 2.24) is 9.13 Å². The summed E-state index contributed by atoms with van der Waals surface area (Å²) in [5.41, 5.74) is 12.2. The van der Waals surface area contributed by atoms with Gasteiger partial charge in [0.2, 0.25) is 0 Å². The summed E-state index contributed by atoms with van der Waals surface area (Å²) >= 11 is 0. The Kier molecular flexibility index (Phi) is 10.3. The van der Waals surface area contributed by atoms with Gasteiger partial charge in [-0.2, -0.15) is 0 Å². The van der Waals surface area contributed by atoms with Gasteiger partial charge in [-0.1, -0.05) is 255 Å². The molecule has 0 aliphatic carbocycles. The Morgan fingerprint density at radius 2 is 0.697 bits per heavy atom. The van der Waals surface area contributed by atoms with E-state index in [0.29, 0.717) is 0 Å². The van der Waals surface area contributed by atoms with Gasteiger partial charge in [0.1, 0.15) is 0 Å². The van der Waals surface area contributed by atoms with Gasteiger partial charge >= 0.3 is 0 Å². The Morgan fingerprint density at radius 1 is 0.263 bits per heavy atom. The van der Waals surface area contributed by atoms with Crippen molar-refractivity contribution in [3.8, 4) is 33.6 Å². The van der Waals surface area contributed by atoms with E-state index >= 15 is 0 Å². The zero-order chi connectivity index (χ0) is 50.2. The van der Waals surface area contributed by atoms with Gasteiger partial charge in [0.05, 0.1) is 22.1 Å². The molecular weight excluding hydrogens is 949 g/mol. The first-order valence-corrected chi connectivity index (χ1v) is 30.4. The van der Waals surface area contributed by atoms with Crippen LogP contribution in [0.5, 0.6) is 0 Å². The second-order valence-corrected chi connectivity index (χ2v) is 27.8. The van der Waals surface area contributed by atoms with Crippen LogP contribution in [0.25, 0.3) is 77.2 Å². The zero-order valence-corrected chi connectivity index (χ0v) is 43.8. The van der Waals surface area contributed by atoms with E-state index in [0.717, 1.165) is 11.4 Å². The van der Waals surface area contributed by atoms with Crippen LogP contribution in [0.2, 0.25) is 0 Å². The van der Waals surface area contributed by atoms with Gasteiger partial charge in [-0.05, 0) is 112 Å². The molecule has 76 heavy (non-hydrogen) atoms. The molecule has 1 aliphatic heterocycles. The maximum absolute atomic E-state index is 2.69. The number of nitrogens with zero attached hydrogens (tertiary/aromatic N) is 2. The third kappa shape index (κ3) is 6.45. The average molecular weight is 999 g/mol. The standard InChI is InChI=1S/C72H50N2Si2/c1-6-23-54(24-7-1)75(55-25-8-2-9-26-55,56-27-10-3-11-28-56)59-45-42-52(43-46-59)73-67-38-20-17-34-62(67)65-50-53(44-48-68(65)73)74-66-37-19-16-33-61(66)63-47-41-51(49-69(63)74)60-36-22-40-71-72(60)64-35-18-21-39-70(64)76(71,57-29-12-4-13-30-57)58-31-14-5-15-32-58/h1-50H. The minimum absolute atomic E-state index is 1.14. The molecule has 4 heteroatoms. The molecule has 0 amide bonds. The Labute approximate surface area is 444 Å².